The molecule has 0 spiro atoms. The Balaban J connectivity index is 2.04. The third-order valence-corrected chi connectivity index (χ3v) is 2.34. The smallest absolute Gasteiger partial charge is 0.235 e. The summed E-state index contributed by atoms with van der Waals surface area (Å²) in [6.07, 6.45) is 2.53. The molecule has 0 aliphatic carbocycles. The molecular formula is C9H15N3O2. The van der Waals surface area contributed by atoms with Gasteiger partial charge in [0, 0.05) is 25.2 Å². The predicted octanol–water partition coefficient (Wildman–Crippen LogP) is 0.515. The summed E-state index contributed by atoms with van der Waals surface area (Å²) in [5, 5.41) is 9.91. The van der Waals surface area contributed by atoms with Crippen molar-refractivity contribution in [2.45, 2.75) is 19.1 Å². The van der Waals surface area contributed by atoms with Crippen LogP contribution in [0.5, 0.6) is 5.88 Å². The first-order chi connectivity index (χ1) is 6.85. The van der Waals surface area contributed by atoms with E-state index in [4.69, 9.17) is 9.47 Å². The zero-order chi connectivity index (χ0) is 9.86. The average molecular weight is 197 g/mol. The first-order valence-corrected chi connectivity index (χ1v) is 4.88. The standard InChI is InChI=1S/C9H15N3O2/c1-2-9(7-10-5-6-13-9)14-8-3-4-11-12-8/h3-4,10H,2,5-7H2,1H3,(H,11,12). The number of hydrogen-bond donors (Lipinski definition) is 2. The van der Waals surface area contributed by atoms with Gasteiger partial charge in [0.05, 0.1) is 13.2 Å². The lowest BCUT2D eigenvalue weighted by molar-refractivity contribution is -0.198. The number of morpholine rings is 1. The van der Waals surface area contributed by atoms with Crippen molar-refractivity contribution in [2.24, 2.45) is 0 Å². The molecule has 2 rings (SSSR count). The minimum atomic E-state index is -0.548. The second kappa shape index (κ2) is 3.98. The largest absolute Gasteiger partial charge is 0.443 e. The zero-order valence-electron chi connectivity index (χ0n) is 8.25. The van der Waals surface area contributed by atoms with Gasteiger partial charge < -0.3 is 14.8 Å². The van der Waals surface area contributed by atoms with Crippen molar-refractivity contribution in [3.63, 3.8) is 0 Å². The van der Waals surface area contributed by atoms with Crippen molar-refractivity contribution in [3.8, 4) is 5.88 Å². The normalized spacial score (nSPS) is 27.5. The maximum absolute atomic E-state index is 5.70. The van der Waals surface area contributed by atoms with Crippen molar-refractivity contribution in [3.05, 3.63) is 12.3 Å². The quantitative estimate of drug-likeness (QED) is 0.741. The lowest BCUT2D eigenvalue weighted by atomic mass is 10.2. The minimum absolute atomic E-state index is 0.548. The molecule has 2 N–H and O–H groups in total. The van der Waals surface area contributed by atoms with Crippen LogP contribution in [0.4, 0.5) is 0 Å². The van der Waals surface area contributed by atoms with Crippen molar-refractivity contribution >= 4 is 0 Å². The number of H-pyrrole nitrogens is 1. The Bertz CT molecular complexity index is 268. The molecule has 0 aromatic carbocycles. The van der Waals surface area contributed by atoms with Gasteiger partial charge in [-0.1, -0.05) is 6.92 Å². The van der Waals surface area contributed by atoms with Crippen molar-refractivity contribution in [1.29, 1.82) is 0 Å². The summed E-state index contributed by atoms with van der Waals surface area (Å²) in [6.45, 7) is 4.31. The fraction of sp³-hybridized carbons (Fsp3) is 0.667. The Hall–Kier alpha value is -1.07. The van der Waals surface area contributed by atoms with Crippen LogP contribution in [0.1, 0.15) is 13.3 Å². The minimum Gasteiger partial charge on any atom is -0.443 e. The highest BCUT2D eigenvalue weighted by Gasteiger charge is 2.34. The Morgan fingerprint density at radius 1 is 1.71 bits per heavy atom. The molecule has 5 nitrogen and oxygen atoms in total. The van der Waals surface area contributed by atoms with E-state index in [2.05, 4.69) is 15.5 Å². The van der Waals surface area contributed by atoms with Gasteiger partial charge in [-0.25, -0.2) is 0 Å². The summed E-state index contributed by atoms with van der Waals surface area (Å²) < 4.78 is 11.4. The van der Waals surface area contributed by atoms with E-state index in [-0.39, 0.29) is 0 Å². The predicted molar refractivity (Wildman–Crippen MR) is 51.1 cm³/mol. The lowest BCUT2D eigenvalue weighted by Gasteiger charge is -2.36. The van der Waals surface area contributed by atoms with Gasteiger partial charge in [0.2, 0.25) is 11.7 Å². The van der Waals surface area contributed by atoms with Gasteiger partial charge in [-0.15, -0.1) is 5.10 Å². The van der Waals surface area contributed by atoms with Crippen LogP contribution < -0.4 is 10.1 Å². The highest BCUT2D eigenvalue weighted by atomic mass is 16.7. The van der Waals surface area contributed by atoms with Gasteiger partial charge in [0.15, 0.2) is 0 Å². The van der Waals surface area contributed by atoms with Crippen molar-refractivity contribution in [2.75, 3.05) is 19.7 Å². The molecule has 1 aliphatic rings. The van der Waals surface area contributed by atoms with E-state index in [0.717, 1.165) is 13.0 Å². The number of nitrogens with one attached hydrogen (secondary N) is 2. The maximum Gasteiger partial charge on any atom is 0.235 e. The molecule has 1 saturated heterocycles. The van der Waals surface area contributed by atoms with E-state index < -0.39 is 5.79 Å². The lowest BCUT2D eigenvalue weighted by Crippen LogP contribution is -2.53. The number of aromatic nitrogens is 2. The molecule has 2 heterocycles. The van der Waals surface area contributed by atoms with Crippen LogP contribution in [0.25, 0.3) is 0 Å². The van der Waals surface area contributed by atoms with E-state index in [9.17, 15) is 0 Å². The second-order valence-corrected chi connectivity index (χ2v) is 3.30. The molecule has 1 fully saturated rings. The third kappa shape index (κ3) is 1.88. The highest BCUT2D eigenvalue weighted by Crippen LogP contribution is 2.21. The Labute approximate surface area is 82.8 Å². The number of rotatable bonds is 3. The van der Waals surface area contributed by atoms with Crippen molar-refractivity contribution < 1.29 is 9.47 Å². The number of hydrogen-bond acceptors (Lipinski definition) is 4. The van der Waals surface area contributed by atoms with Crippen LogP contribution in [-0.2, 0) is 4.74 Å². The third-order valence-electron chi connectivity index (χ3n) is 2.34. The molecule has 1 aromatic rings. The van der Waals surface area contributed by atoms with Crippen LogP contribution in [0.3, 0.4) is 0 Å². The van der Waals surface area contributed by atoms with Gasteiger partial charge >= 0.3 is 0 Å². The Morgan fingerprint density at radius 3 is 3.21 bits per heavy atom. The molecule has 1 aromatic heterocycles. The molecule has 1 unspecified atom stereocenters. The first-order valence-electron chi connectivity index (χ1n) is 4.88. The van der Waals surface area contributed by atoms with Crippen LogP contribution in [0.2, 0.25) is 0 Å². The summed E-state index contributed by atoms with van der Waals surface area (Å²) in [7, 11) is 0. The molecular weight excluding hydrogens is 182 g/mol. The Morgan fingerprint density at radius 2 is 2.64 bits per heavy atom. The molecule has 0 radical (unpaired) electrons. The summed E-state index contributed by atoms with van der Waals surface area (Å²) in [4.78, 5) is 0. The summed E-state index contributed by atoms with van der Waals surface area (Å²) in [5.74, 6) is 0.0310. The summed E-state index contributed by atoms with van der Waals surface area (Å²) >= 11 is 0. The van der Waals surface area contributed by atoms with Gasteiger partial charge in [-0.2, -0.15) is 0 Å². The molecule has 0 amide bonds. The summed E-state index contributed by atoms with van der Waals surface area (Å²) in [5.41, 5.74) is 0. The average Bonchev–Trinajstić information content (AvgIpc) is 2.72. The molecule has 1 atom stereocenters. The molecule has 14 heavy (non-hydrogen) atoms. The molecule has 78 valence electrons. The van der Waals surface area contributed by atoms with E-state index in [1.807, 2.05) is 6.92 Å². The SMILES string of the molecule is CCC1(Oc2cc[nH]n2)CNCCO1. The van der Waals surface area contributed by atoms with Crippen molar-refractivity contribution in [1.82, 2.24) is 15.5 Å². The van der Waals surface area contributed by atoms with E-state index >= 15 is 0 Å². The van der Waals surface area contributed by atoms with Gasteiger partial charge in [-0.3, -0.25) is 5.10 Å². The highest BCUT2D eigenvalue weighted by molar-refractivity contribution is 5.06. The molecule has 0 saturated carbocycles. The second-order valence-electron chi connectivity index (χ2n) is 3.30. The van der Waals surface area contributed by atoms with Gasteiger partial charge in [0.25, 0.3) is 0 Å². The number of aromatic amines is 1. The monoisotopic (exact) mass is 197 g/mol. The number of ether oxygens (including phenoxy) is 2. The maximum atomic E-state index is 5.70. The molecule has 5 heteroatoms. The van der Waals surface area contributed by atoms with Gasteiger partial charge in [0.1, 0.15) is 0 Å². The first kappa shape index (κ1) is 9.48. The summed E-state index contributed by atoms with van der Waals surface area (Å²) in [6, 6.07) is 1.79. The fourth-order valence-corrected chi connectivity index (χ4v) is 1.50. The van der Waals surface area contributed by atoms with E-state index in [1.54, 1.807) is 12.3 Å². The van der Waals surface area contributed by atoms with E-state index in [1.165, 1.54) is 0 Å². The van der Waals surface area contributed by atoms with Crippen LogP contribution in [0.15, 0.2) is 12.3 Å². The fourth-order valence-electron chi connectivity index (χ4n) is 1.50. The Kier molecular flexibility index (Phi) is 2.69. The van der Waals surface area contributed by atoms with E-state index in [0.29, 0.717) is 19.0 Å². The molecule has 0 bridgehead atoms. The van der Waals surface area contributed by atoms with Crippen LogP contribution in [0, 0.1) is 0 Å². The van der Waals surface area contributed by atoms with Crippen LogP contribution >= 0.6 is 0 Å². The molecule has 1 aliphatic heterocycles. The zero-order valence-corrected chi connectivity index (χ0v) is 8.25. The number of nitrogens with zero attached hydrogens (tertiary/aromatic N) is 1. The van der Waals surface area contributed by atoms with Gasteiger partial charge in [-0.05, 0) is 0 Å². The topological polar surface area (TPSA) is 59.2 Å². The van der Waals surface area contributed by atoms with Crippen LogP contribution in [-0.4, -0.2) is 35.7 Å².